The summed E-state index contributed by atoms with van der Waals surface area (Å²) in [5, 5.41) is 0. The van der Waals surface area contributed by atoms with Crippen LogP contribution in [0, 0.1) is 0 Å². The number of ether oxygens (including phenoxy) is 12. The number of carbonyl (C=O) groups excluding carboxylic acids is 12. The Hall–Kier alpha value is -6.30. The van der Waals surface area contributed by atoms with Crippen molar-refractivity contribution in [2.45, 2.75) is 141 Å². The molecule has 0 saturated heterocycles. The Morgan fingerprint density at radius 3 is 0.848 bits per heavy atom. The smallest absolute Gasteiger partial charge is 0.302 e. The highest BCUT2D eigenvalue weighted by atomic mass is 33.1. The summed E-state index contributed by atoms with van der Waals surface area (Å²) in [5.41, 5.74) is 7.72. The highest BCUT2D eigenvalue weighted by molar-refractivity contribution is 8.69. The van der Waals surface area contributed by atoms with E-state index in [4.69, 9.17) is 18.9 Å². The molecule has 0 spiro atoms. The van der Waals surface area contributed by atoms with Gasteiger partial charge >= 0.3 is 35.8 Å². The molecular weight excluding hydrogens is 1960 g/mol. The van der Waals surface area contributed by atoms with E-state index in [-0.39, 0.29) is 43.2 Å². The number of carbonyl (C=O) groups is 12. The van der Waals surface area contributed by atoms with E-state index in [1.807, 2.05) is 194 Å². The summed E-state index contributed by atoms with van der Waals surface area (Å²) in [7, 11) is 8.18. The van der Waals surface area contributed by atoms with Gasteiger partial charge in [-0.25, -0.2) is 0 Å². The predicted octanol–water partition coefficient (Wildman–Crippen LogP) is 20.4. The Morgan fingerprint density at radius 1 is 0.280 bits per heavy atom. The zero-order valence-electron chi connectivity index (χ0n) is 67.9. The molecule has 8 aromatic carbocycles. The van der Waals surface area contributed by atoms with Crippen LogP contribution in [0.15, 0.2) is 233 Å². The minimum Gasteiger partial charge on any atom is -0.467 e. The molecule has 0 fully saturated rings. The molecule has 8 aromatic rings. The first-order chi connectivity index (χ1) is 59.6. The molecule has 0 aliphatic carbocycles. The summed E-state index contributed by atoms with van der Waals surface area (Å²) in [4.78, 5) is 128. The molecule has 24 nitrogen and oxygen atoms in total. The number of rotatable bonds is 36. The quantitative estimate of drug-likeness (QED) is 0.00433. The maximum absolute atomic E-state index is 10.6. The zero-order valence-corrected chi connectivity index (χ0v) is 83.5. The van der Waals surface area contributed by atoms with Crippen molar-refractivity contribution in [2.24, 2.45) is 0 Å². The average molecular weight is 2060 g/mol. The average Bonchev–Trinajstić information content (AvgIpc) is 0.901. The van der Waals surface area contributed by atoms with E-state index in [0.717, 1.165) is 95.2 Å². The first-order valence-corrected chi connectivity index (χ1v) is 49.8. The third-order valence-corrected chi connectivity index (χ3v) is 20.8. The van der Waals surface area contributed by atoms with Crippen molar-refractivity contribution in [3.63, 3.8) is 0 Å². The molecule has 0 aromatic heterocycles. The normalized spacial score (nSPS) is 9.10. The second kappa shape index (κ2) is 92.4. The van der Waals surface area contributed by atoms with E-state index in [0.29, 0.717) is 130 Å². The molecule has 0 unspecified atom stereocenters. The van der Waals surface area contributed by atoms with E-state index in [1.54, 1.807) is 0 Å². The van der Waals surface area contributed by atoms with E-state index < -0.39 is 0 Å². The molecule has 0 saturated carbocycles. The molecule has 0 radical (unpaired) electrons. The summed E-state index contributed by atoms with van der Waals surface area (Å²) in [6.45, 7) is 15.3. The van der Waals surface area contributed by atoms with Gasteiger partial charge in [-0.3, -0.25) is 57.5 Å². The van der Waals surface area contributed by atoms with Crippen molar-refractivity contribution in [1.29, 1.82) is 0 Å². The lowest BCUT2D eigenvalue weighted by atomic mass is 10.2. The topological polar surface area (TPSA) is 316 Å². The molecule has 0 amide bonds. The molecule has 688 valence electrons. The van der Waals surface area contributed by atoms with Crippen LogP contribution in [0.5, 0.6) is 0 Å². The van der Waals surface area contributed by atoms with Gasteiger partial charge < -0.3 is 56.8 Å². The minimum atomic E-state index is -0.272. The summed E-state index contributed by atoms with van der Waals surface area (Å²) in [6, 6.07) is 60.7. The van der Waals surface area contributed by atoms with Crippen LogP contribution in [0.25, 0.3) is 0 Å². The Labute approximate surface area is 820 Å². The maximum Gasteiger partial charge on any atom is 0.302 e. The van der Waals surface area contributed by atoms with Gasteiger partial charge in [0.05, 0.1) is 6.61 Å². The molecule has 0 bridgehead atoms. The summed E-state index contributed by atoms with van der Waals surface area (Å²) >= 11 is 48.2. The predicted molar refractivity (Wildman–Crippen MR) is 540 cm³/mol. The third kappa shape index (κ3) is 83.1. The maximum atomic E-state index is 10.6. The summed E-state index contributed by atoms with van der Waals surface area (Å²) < 4.78 is 55.3. The molecule has 0 heterocycles. The van der Waals surface area contributed by atoms with Gasteiger partial charge in [-0.2, -0.15) is 25.3 Å². The van der Waals surface area contributed by atoms with E-state index in [9.17, 15) is 57.5 Å². The third-order valence-electron chi connectivity index (χ3n) is 12.6. The highest BCUT2D eigenvalue weighted by Crippen LogP contribution is 2.28. The van der Waals surface area contributed by atoms with Crippen LogP contribution in [0.4, 0.5) is 0 Å². The number of thiol groups is 12. The molecule has 0 N–H and O–H groups in total. The van der Waals surface area contributed by atoms with Gasteiger partial charge in [-0.05, 0) is 95.1 Å². The van der Waals surface area contributed by atoms with Gasteiger partial charge in [0.1, 0.15) is 72.7 Å². The van der Waals surface area contributed by atoms with Crippen LogP contribution in [0.3, 0.4) is 0 Å². The monoisotopic (exact) mass is 2060 g/mol. The number of hydrogen-bond donors (Lipinski definition) is 12. The fraction of sp³-hybridized carbons (Fsp3) is 0.277. The molecule has 0 atom stereocenters. The largest absolute Gasteiger partial charge is 0.467 e. The van der Waals surface area contributed by atoms with E-state index >= 15 is 0 Å². The van der Waals surface area contributed by atoms with Crippen LogP contribution in [-0.2, 0) is 167 Å². The lowest BCUT2D eigenvalue weighted by molar-refractivity contribution is -0.143. The van der Waals surface area contributed by atoms with Crippen molar-refractivity contribution < 1.29 is 114 Å². The SMILES string of the molecule is C.CC(=O)OCCS.CC(=O)OCCSS.CC(=O)OCc1ccc(S)cc1.CC(=O)OCc1ccc(SS)cc1.CC(=O)OCc1ccccc1S.CC(=O)OCc1ccccc1SS.O=COCCS.O=COCCSS.O=COCc1ccc(S)cc1.O=COCc1ccc(SS)cc1.O=COCc1ccccc1S.O=COCc1ccccc1SS. The lowest BCUT2D eigenvalue weighted by Crippen LogP contribution is -2.01. The molecule has 0 aliphatic heterocycles. The second-order valence-electron chi connectivity index (χ2n) is 21.9. The van der Waals surface area contributed by atoms with E-state index in [1.165, 1.54) is 106 Å². The van der Waals surface area contributed by atoms with Gasteiger partial charge in [-0.15, -0.1) is 120 Å². The van der Waals surface area contributed by atoms with Gasteiger partial charge in [0.15, 0.2) is 0 Å². The van der Waals surface area contributed by atoms with E-state index in [2.05, 4.69) is 184 Å². The molecule has 0 aliphatic rings. The first kappa shape index (κ1) is 127. The van der Waals surface area contributed by atoms with Crippen LogP contribution in [-0.4, -0.2) is 124 Å². The first-order valence-electron chi connectivity index (χ1n) is 35.2. The number of benzene rings is 8. The highest BCUT2D eigenvalue weighted by Gasteiger charge is 2.05. The zero-order chi connectivity index (χ0) is 93.6. The lowest BCUT2D eigenvalue weighted by Gasteiger charge is -2.05. The fourth-order valence-corrected chi connectivity index (χ4v) is 11.9. The van der Waals surface area contributed by atoms with Crippen molar-refractivity contribution >= 4 is 285 Å². The number of esters is 6. The summed E-state index contributed by atoms with van der Waals surface area (Å²) in [5.74, 6) is 1.17. The number of hydrogen-bond acceptors (Lipinski definition) is 42. The molecule has 8 rings (SSSR count). The molecular formula is C83H104O24S18. The van der Waals surface area contributed by atoms with Crippen LogP contribution < -0.4 is 0 Å². The van der Waals surface area contributed by atoms with Crippen LogP contribution in [0.2, 0.25) is 0 Å². The Morgan fingerprint density at radius 2 is 0.544 bits per heavy atom. The summed E-state index contributed by atoms with van der Waals surface area (Å²) in [6.07, 6.45) is 0. The Bertz CT molecular complexity index is 4130. The molecule has 42 heteroatoms. The molecule has 125 heavy (non-hydrogen) atoms. The van der Waals surface area contributed by atoms with Crippen molar-refractivity contribution in [1.82, 2.24) is 0 Å². The van der Waals surface area contributed by atoms with Crippen molar-refractivity contribution in [2.75, 3.05) is 49.4 Å². The van der Waals surface area contributed by atoms with Crippen LogP contribution >= 0.6 is 211 Å². The van der Waals surface area contributed by atoms with Gasteiger partial charge in [0.25, 0.3) is 38.8 Å². The van der Waals surface area contributed by atoms with Gasteiger partial charge in [0, 0.05) is 126 Å². The van der Waals surface area contributed by atoms with Gasteiger partial charge in [0.2, 0.25) is 0 Å². The van der Waals surface area contributed by atoms with Crippen LogP contribution in [0.1, 0.15) is 93.5 Å². The Kier molecular flexibility index (Phi) is 94.0. The van der Waals surface area contributed by atoms with Crippen molar-refractivity contribution in [3.8, 4) is 0 Å². The van der Waals surface area contributed by atoms with Crippen molar-refractivity contribution in [3.05, 3.63) is 239 Å². The Balaban J connectivity index is -0.000000421. The minimum absolute atomic E-state index is 0. The standard InChI is InChI=1S/2C9H10O2S2.2C9H10O2S.2C8H8O2S2.2C8H8O2S.C4H8O2S2.C4H8O2S.C3H6O2S2.C3H6O2S.CH4/c1-7(10)11-6-8-2-4-9(13-12)5-3-8;1-7(10)11-6-8-4-2-3-5-9(8)13-12;1-7(10)11-6-8-2-4-9(12)5-3-8;1-7(10)11-6-8-4-2-3-5-9(8)12;9-6-10-5-7-1-3-8(12-11)4-2-7;9-6-10-5-7-3-1-2-4-8(7)12-11;9-6-10-5-7-1-3-8(11)4-2-7;9-6-10-5-7-3-1-2-4-8(7)11;1-4(5)6-2-3-8-7;1-4(5)6-2-3-7;4-3-5-1-2-7-6;4-3-5-1-2-6;/h2*2-5,12H,6H2,1H3;2*2-5,12H,6H2,1H3;2*1-4,6,11H,5H2;2*1-4,6,11H,5H2;7H,2-3H2,1H3;7H,2-3H2,1H3;3,6H,1-2H2;3,6H,1-2H2;1H4. The fourth-order valence-electron chi connectivity index (χ4n) is 7.05. The second-order valence-corrected chi connectivity index (χ2v) is 32.5. The van der Waals surface area contributed by atoms with Gasteiger partial charge in [-0.1, -0.05) is 194 Å².